The average molecular weight is 458 g/mol. The Kier molecular flexibility index (Phi) is 5.77. The third-order valence-electron chi connectivity index (χ3n) is 3.78. The van der Waals surface area contributed by atoms with Crippen LogP contribution in [0.1, 0.15) is 0 Å². The summed E-state index contributed by atoms with van der Waals surface area (Å²) < 4.78 is 95.5. The van der Waals surface area contributed by atoms with Gasteiger partial charge in [0.15, 0.2) is 11.5 Å². The van der Waals surface area contributed by atoms with Gasteiger partial charge in [0.05, 0.1) is 0 Å². The molecule has 3 rings (SSSR count). The maximum Gasteiger partial charge on any atom is 0.534 e. The van der Waals surface area contributed by atoms with Crippen LogP contribution in [0.25, 0.3) is 11.1 Å². The minimum Gasteiger partial charge on any atom is -0.378 e. The Hall–Kier alpha value is -3.05. The molecule has 3 aromatic rings. The maximum absolute atomic E-state index is 12.7. The first-order valence-corrected chi connectivity index (χ1v) is 11.0. The van der Waals surface area contributed by atoms with Crippen molar-refractivity contribution in [3.63, 3.8) is 0 Å². The largest absolute Gasteiger partial charge is 0.534 e. The molecule has 6 nitrogen and oxygen atoms in total. The second kappa shape index (κ2) is 8.00. The summed E-state index contributed by atoms with van der Waals surface area (Å²) in [5.74, 6) is -0.857. The van der Waals surface area contributed by atoms with Crippen molar-refractivity contribution < 1.29 is 38.4 Å². The van der Waals surface area contributed by atoms with Gasteiger partial charge in [0.2, 0.25) is 0 Å². The second-order valence-electron chi connectivity index (χ2n) is 5.83. The molecular weight excluding hydrogens is 445 g/mol. The highest BCUT2D eigenvalue weighted by Gasteiger charge is 2.48. The zero-order chi connectivity index (χ0) is 22.0. The fraction of sp³-hybridized carbons (Fsp3) is 0.0526. The van der Waals surface area contributed by atoms with Crippen molar-refractivity contribution in [3.8, 4) is 22.6 Å². The molecule has 158 valence electrons. The third-order valence-corrected chi connectivity index (χ3v) is 5.99. The number of hydrogen-bond acceptors (Lipinski definition) is 6. The van der Waals surface area contributed by atoms with E-state index in [1.165, 1.54) is 66.7 Å². The monoisotopic (exact) mass is 458 g/mol. The minimum absolute atomic E-state index is 0.0185. The van der Waals surface area contributed by atoms with Crippen LogP contribution in [0.4, 0.5) is 13.2 Å². The van der Waals surface area contributed by atoms with Crippen LogP contribution in [0.3, 0.4) is 0 Å². The normalized spacial score (nSPS) is 12.4. The SMILES string of the molecule is O=S(=O)(Oc1ccccc1-c1ccccc1OS(=O)(=O)C(F)(F)F)c1ccccc1. The van der Waals surface area contributed by atoms with Crippen LogP contribution >= 0.6 is 0 Å². The minimum atomic E-state index is -5.93. The van der Waals surface area contributed by atoms with E-state index < -0.39 is 31.5 Å². The first-order valence-electron chi connectivity index (χ1n) is 8.20. The number of rotatable bonds is 6. The van der Waals surface area contributed by atoms with Crippen LogP contribution in [0.5, 0.6) is 11.5 Å². The summed E-state index contributed by atoms with van der Waals surface area (Å²) in [6, 6.07) is 17.8. The van der Waals surface area contributed by atoms with Crippen LogP contribution in [0, 0.1) is 0 Å². The van der Waals surface area contributed by atoms with Crippen LogP contribution in [0.15, 0.2) is 83.8 Å². The topological polar surface area (TPSA) is 86.7 Å². The molecule has 0 saturated heterocycles. The van der Waals surface area contributed by atoms with Crippen molar-refractivity contribution in [1.29, 1.82) is 0 Å². The van der Waals surface area contributed by atoms with Gasteiger partial charge in [-0.2, -0.15) is 30.0 Å². The molecule has 0 aromatic heterocycles. The molecule has 30 heavy (non-hydrogen) atoms. The fourth-order valence-electron chi connectivity index (χ4n) is 2.44. The van der Waals surface area contributed by atoms with Gasteiger partial charge in [0, 0.05) is 11.1 Å². The van der Waals surface area contributed by atoms with Gasteiger partial charge in [0.1, 0.15) is 4.90 Å². The van der Waals surface area contributed by atoms with Crippen LogP contribution < -0.4 is 8.37 Å². The van der Waals surface area contributed by atoms with Crippen LogP contribution in [-0.4, -0.2) is 22.3 Å². The highest BCUT2D eigenvalue weighted by molar-refractivity contribution is 7.88. The molecule has 0 unspecified atom stereocenters. The highest BCUT2D eigenvalue weighted by Crippen LogP contribution is 2.39. The molecule has 0 saturated carbocycles. The number of hydrogen-bond donors (Lipinski definition) is 0. The molecule has 0 radical (unpaired) electrons. The van der Waals surface area contributed by atoms with Crippen molar-refractivity contribution >= 4 is 20.2 Å². The molecule has 0 aliphatic heterocycles. The summed E-state index contributed by atoms with van der Waals surface area (Å²) in [7, 11) is -10.2. The zero-order valence-electron chi connectivity index (χ0n) is 14.9. The van der Waals surface area contributed by atoms with E-state index in [4.69, 9.17) is 4.18 Å². The molecule has 0 atom stereocenters. The van der Waals surface area contributed by atoms with Gasteiger partial charge in [0.25, 0.3) is 0 Å². The molecule has 0 fully saturated rings. The molecule has 0 spiro atoms. The molecule has 0 aliphatic rings. The molecule has 0 heterocycles. The first-order chi connectivity index (χ1) is 14.0. The Morgan fingerprint density at radius 2 is 1.03 bits per heavy atom. The van der Waals surface area contributed by atoms with Crippen molar-refractivity contribution in [2.45, 2.75) is 10.4 Å². The third kappa shape index (κ3) is 4.57. The lowest BCUT2D eigenvalue weighted by atomic mass is 10.0. The second-order valence-corrected chi connectivity index (χ2v) is 8.91. The van der Waals surface area contributed by atoms with E-state index in [1.54, 1.807) is 6.07 Å². The quantitative estimate of drug-likeness (QED) is 0.403. The molecule has 11 heteroatoms. The summed E-state index contributed by atoms with van der Waals surface area (Å²) in [6.45, 7) is 0. The summed E-state index contributed by atoms with van der Waals surface area (Å²) in [6.07, 6.45) is 0. The Balaban J connectivity index is 2.06. The van der Waals surface area contributed by atoms with Gasteiger partial charge in [-0.1, -0.05) is 54.6 Å². The average Bonchev–Trinajstić information content (AvgIpc) is 2.68. The van der Waals surface area contributed by atoms with E-state index in [-0.39, 0.29) is 21.8 Å². The number of alkyl halides is 3. The van der Waals surface area contributed by atoms with E-state index in [0.717, 1.165) is 6.07 Å². The van der Waals surface area contributed by atoms with E-state index >= 15 is 0 Å². The van der Waals surface area contributed by atoms with Crippen molar-refractivity contribution in [2.24, 2.45) is 0 Å². The smallest absolute Gasteiger partial charge is 0.378 e. The Labute approximate surface area is 170 Å². The fourth-order valence-corrected chi connectivity index (χ4v) is 3.89. The molecule has 0 aliphatic carbocycles. The predicted octanol–water partition coefficient (Wildman–Crippen LogP) is 4.35. The summed E-state index contributed by atoms with van der Waals surface area (Å²) in [5, 5.41) is 0. The Morgan fingerprint density at radius 3 is 1.53 bits per heavy atom. The highest BCUT2D eigenvalue weighted by atomic mass is 32.2. The van der Waals surface area contributed by atoms with Gasteiger partial charge in [-0.05, 0) is 24.3 Å². The Bertz CT molecular complexity index is 1250. The molecule has 0 amide bonds. The lowest BCUT2D eigenvalue weighted by Crippen LogP contribution is -2.28. The summed E-state index contributed by atoms with van der Waals surface area (Å²) in [4.78, 5) is -0.135. The van der Waals surface area contributed by atoms with E-state index in [0.29, 0.717) is 0 Å². The zero-order valence-corrected chi connectivity index (χ0v) is 16.5. The number of para-hydroxylation sites is 2. The van der Waals surface area contributed by atoms with Gasteiger partial charge >= 0.3 is 25.7 Å². The van der Waals surface area contributed by atoms with Crippen molar-refractivity contribution in [1.82, 2.24) is 0 Å². The van der Waals surface area contributed by atoms with Crippen LogP contribution in [-0.2, 0) is 20.2 Å². The maximum atomic E-state index is 12.7. The molecule has 3 aromatic carbocycles. The number of halogens is 3. The predicted molar refractivity (Wildman–Crippen MR) is 102 cm³/mol. The van der Waals surface area contributed by atoms with Crippen LogP contribution in [0.2, 0.25) is 0 Å². The molecular formula is C19H13F3O6S2. The summed E-state index contributed by atoms with van der Waals surface area (Å²) >= 11 is 0. The van der Waals surface area contributed by atoms with Gasteiger partial charge < -0.3 is 8.37 Å². The standard InChI is InChI=1S/C19H13F3O6S2/c20-19(21,22)30(25,26)28-18-13-7-5-11-16(18)15-10-4-6-12-17(15)27-29(23,24)14-8-2-1-3-9-14/h1-13H. The first kappa shape index (κ1) is 21.7. The molecule has 0 N–H and O–H groups in total. The Morgan fingerprint density at radius 1 is 0.600 bits per heavy atom. The van der Waals surface area contributed by atoms with Gasteiger partial charge in [-0.3, -0.25) is 0 Å². The lowest BCUT2D eigenvalue weighted by Gasteiger charge is -2.15. The van der Waals surface area contributed by atoms with Crippen molar-refractivity contribution in [3.05, 3.63) is 78.9 Å². The molecule has 0 bridgehead atoms. The lowest BCUT2D eigenvalue weighted by molar-refractivity contribution is -0.0499. The van der Waals surface area contributed by atoms with Gasteiger partial charge in [-0.15, -0.1) is 0 Å². The summed E-state index contributed by atoms with van der Waals surface area (Å²) in [5.41, 5.74) is -5.72. The van der Waals surface area contributed by atoms with Crippen molar-refractivity contribution in [2.75, 3.05) is 0 Å². The van der Waals surface area contributed by atoms with E-state index in [1.807, 2.05) is 0 Å². The van der Waals surface area contributed by atoms with E-state index in [2.05, 4.69) is 4.18 Å². The van der Waals surface area contributed by atoms with Gasteiger partial charge in [-0.25, -0.2) is 0 Å². The van der Waals surface area contributed by atoms with E-state index in [9.17, 15) is 30.0 Å². The number of benzene rings is 3.